The lowest BCUT2D eigenvalue weighted by atomic mass is 10.5. The first kappa shape index (κ1) is 15.1. The van der Waals surface area contributed by atoms with Gasteiger partial charge in [0, 0.05) is 19.1 Å². The molecule has 0 spiro atoms. The topological polar surface area (TPSA) is 107 Å². The van der Waals surface area contributed by atoms with Crippen LogP contribution in [0, 0.1) is 0 Å². The van der Waals surface area contributed by atoms with Crippen LogP contribution in [0.4, 0.5) is 11.6 Å². The number of nitrogens with one attached hydrogen (secondary N) is 1. The van der Waals surface area contributed by atoms with Crippen LogP contribution in [-0.2, 0) is 4.79 Å². The van der Waals surface area contributed by atoms with Gasteiger partial charge >= 0.3 is 0 Å². The number of halogens is 2. The second kappa shape index (κ2) is 7.45. The van der Waals surface area contributed by atoms with Crippen molar-refractivity contribution in [3.8, 4) is 0 Å². The molecule has 19 heavy (non-hydrogen) atoms. The Hall–Kier alpha value is -1.99. The van der Waals surface area contributed by atoms with Gasteiger partial charge in [0.05, 0.1) is 0 Å². The molecule has 7 nitrogen and oxygen atoms in total. The van der Waals surface area contributed by atoms with E-state index in [9.17, 15) is 4.79 Å². The first-order valence-electron chi connectivity index (χ1n) is 4.95. The van der Waals surface area contributed by atoms with Crippen LogP contribution in [0.15, 0.2) is 24.8 Å². The van der Waals surface area contributed by atoms with Crippen molar-refractivity contribution >= 4 is 40.7 Å². The van der Waals surface area contributed by atoms with E-state index >= 15 is 0 Å². The Labute approximate surface area is 119 Å². The van der Waals surface area contributed by atoms with Gasteiger partial charge in [-0.15, -0.1) is 0 Å². The number of rotatable bonds is 1. The predicted octanol–water partition coefficient (Wildman–Crippen LogP) is 1.80. The van der Waals surface area contributed by atoms with Crippen molar-refractivity contribution in [2.75, 3.05) is 11.1 Å². The summed E-state index contributed by atoms with van der Waals surface area (Å²) in [6, 6.07) is 2.96. The lowest BCUT2D eigenvalue weighted by Gasteiger charge is -1.98. The number of nitrogen functional groups attached to an aromatic ring is 1. The van der Waals surface area contributed by atoms with Crippen LogP contribution < -0.4 is 11.1 Å². The Bertz CT molecular complexity index is 548. The summed E-state index contributed by atoms with van der Waals surface area (Å²) in [5.74, 6) is 0.627. The minimum absolute atomic E-state index is 0.181. The molecule has 3 N–H and O–H groups in total. The van der Waals surface area contributed by atoms with Gasteiger partial charge in [0.1, 0.15) is 34.6 Å². The normalized spacial score (nSPS) is 9.21. The number of nitrogens with two attached hydrogens (primary N) is 1. The highest BCUT2D eigenvalue weighted by Gasteiger charge is 1.96. The molecule has 0 saturated carbocycles. The maximum absolute atomic E-state index is 10.5. The minimum atomic E-state index is -0.181. The van der Waals surface area contributed by atoms with Crippen LogP contribution in [0.5, 0.6) is 0 Å². The average molecular weight is 301 g/mol. The molecule has 0 saturated heterocycles. The molecule has 2 rings (SSSR count). The summed E-state index contributed by atoms with van der Waals surface area (Å²) in [6.07, 6.45) is 2.60. The molecule has 0 aliphatic rings. The lowest BCUT2D eigenvalue weighted by molar-refractivity contribution is -0.114. The van der Waals surface area contributed by atoms with Gasteiger partial charge < -0.3 is 11.1 Å². The summed E-state index contributed by atoms with van der Waals surface area (Å²) in [7, 11) is 0. The van der Waals surface area contributed by atoms with Crippen LogP contribution >= 0.6 is 23.2 Å². The van der Waals surface area contributed by atoms with E-state index in [1.165, 1.54) is 31.7 Å². The molecule has 100 valence electrons. The van der Waals surface area contributed by atoms with Gasteiger partial charge in [-0.3, -0.25) is 4.79 Å². The zero-order valence-electron chi connectivity index (χ0n) is 9.84. The summed E-state index contributed by atoms with van der Waals surface area (Å²) in [5.41, 5.74) is 5.22. The molecule has 0 bridgehead atoms. The van der Waals surface area contributed by atoms with E-state index < -0.39 is 0 Å². The first-order valence-corrected chi connectivity index (χ1v) is 5.71. The fourth-order valence-electron chi connectivity index (χ4n) is 0.930. The highest BCUT2D eigenvalue weighted by molar-refractivity contribution is 6.29. The summed E-state index contributed by atoms with van der Waals surface area (Å²) < 4.78 is 0. The summed E-state index contributed by atoms with van der Waals surface area (Å²) in [5, 5.41) is 3.15. The van der Waals surface area contributed by atoms with Gasteiger partial charge in [-0.05, 0) is 0 Å². The van der Waals surface area contributed by atoms with Crippen molar-refractivity contribution in [1.82, 2.24) is 19.9 Å². The molecule has 0 unspecified atom stereocenters. The number of aromatic nitrogens is 4. The molecule has 0 aliphatic carbocycles. The van der Waals surface area contributed by atoms with Crippen molar-refractivity contribution in [2.45, 2.75) is 6.92 Å². The molecule has 2 aromatic rings. The molecular weight excluding hydrogens is 291 g/mol. The van der Waals surface area contributed by atoms with E-state index in [0.717, 1.165) is 0 Å². The Morgan fingerprint density at radius 1 is 1.11 bits per heavy atom. The van der Waals surface area contributed by atoms with Crippen molar-refractivity contribution in [3.05, 3.63) is 35.1 Å². The number of anilines is 2. The van der Waals surface area contributed by atoms with E-state index in [1.807, 2.05) is 0 Å². The quantitative estimate of drug-likeness (QED) is 0.778. The number of carbonyl (C=O) groups excluding carboxylic acids is 1. The molecule has 2 aromatic heterocycles. The number of carbonyl (C=O) groups is 1. The van der Waals surface area contributed by atoms with E-state index in [1.54, 1.807) is 0 Å². The first-order chi connectivity index (χ1) is 8.97. The van der Waals surface area contributed by atoms with Gasteiger partial charge in [0.2, 0.25) is 5.91 Å². The van der Waals surface area contributed by atoms with Crippen molar-refractivity contribution < 1.29 is 4.79 Å². The van der Waals surface area contributed by atoms with E-state index in [2.05, 4.69) is 25.3 Å². The van der Waals surface area contributed by atoms with E-state index in [0.29, 0.717) is 21.9 Å². The van der Waals surface area contributed by atoms with Gasteiger partial charge in [-0.1, -0.05) is 23.2 Å². The third-order valence-corrected chi connectivity index (χ3v) is 2.01. The van der Waals surface area contributed by atoms with Crippen molar-refractivity contribution in [3.63, 3.8) is 0 Å². The van der Waals surface area contributed by atoms with Crippen molar-refractivity contribution in [2.24, 2.45) is 0 Å². The Balaban J connectivity index is 0.000000200. The molecule has 0 fully saturated rings. The van der Waals surface area contributed by atoms with Gasteiger partial charge in [-0.2, -0.15) is 0 Å². The molecule has 0 aromatic carbocycles. The largest absolute Gasteiger partial charge is 0.384 e. The van der Waals surface area contributed by atoms with Gasteiger partial charge in [0.15, 0.2) is 0 Å². The average Bonchev–Trinajstić information content (AvgIpc) is 2.28. The summed E-state index contributed by atoms with van der Waals surface area (Å²) in [4.78, 5) is 25.1. The van der Waals surface area contributed by atoms with Crippen molar-refractivity contribution in [1.29, 1.82) is 0 Å². The summed E-state index contributed by atoms with van der Waals surface area (Å²) >= 11 is 10.9. The zero-order valence-corrected chi connectivity index (χ0v) is 11.4. The maximum atomic E-state index is 10.5. The predicted molar refractivity (Wildman–Crippen MR) is 72.8 cm³/mol. The zero-order chi connectivity index (χ0) is 14.3. The lowest BCUT2D eigenvalue weighted by Crippen LogP contribution is -2.07. The van der Waals surface area contributed by atoms with E-state index in [4.69, 9.17) is 28.9 Å². The second-order valence-electron chi connectivity index (χ2n) is 3.17. The Morgan fingerprint density at radius 3 is 2.11 bits per heavy atom. The highest BCUT2D eigenvalue weighted by Crippen LogP contribution is 2.07. The Kier molecular flexibility index (Phi) is 5.91. The number of hydrogen-bond donors (Lipinski definition) is 2. The van der Waals surface area contributed by atoms with Gasteiger partial charge in [-0.25, -0.2) is 19.9 Å². The standard InChI is InChI=1S/C6H6ClN3O.C4H4ClN3/c1-4(11)10-6-2-5(7)8-3-9-6;5-3-1-4(6)8-2-7-3/h2-3H,1H3,(H,8,9,10,11);1-2H,(H2,6,7,8). The fraction of sp³-hybridized carbons (Fsp3) is 0.100. The third-order valence-electron chi connectivity index (χ3n) is 1.59. The molecule has 2 heterocycles. The highest BCUT2D eigenvalue weighted by atomic mass is 35.5. The van der Waals surface area contributed by atoms with Crippen LogP contribution in [0.2, 0.25) is 10.3 Å². The number of hydrogen-bond acceptors (Lipinski definition) is 6. The number of nitrogens with zero attached hydrogens (tertiary/aromatic N) is 4. The molecule has 1 amide bonds. The molecule has 0 atom stereocenters. The maximum Gasteiger partial charge on any atom is 0.222 e. The van der Waals surface area contributed by atoms with Crippen LogP contribution in [0.1, 0.15) is 6.92 Å². The Morgan fingerprint density at radius 2 is 1.68 bits per heavy atom. The SMILES string of the molecule is CC(=O)Nc1cc(Cl)ncn1.Nc1cc(Cl)ncn1. The fourth-order valence-corrected chi connectivity index (χ4v) is 1.23. The molecule has 0 aliphatic heterocycles. The monoisotopic (exact) mass is 300 g/mol. The van der Waals surface area contributed by atoms with Gasteiger partial charge in [0.25, 0.3) is 0 Å². The van der Waals surface area contributed by atoms with Crippen LogP contribution in [0.25, 0.3) is 0 Å². The third kappa shape index (κ3) is 6.49. The number of amides is 1. The van der Waals surface area contributed by atoms with Crippen LogP contribution in [-0.4, -0.2) is 25.8 Å². The molecular formula is C10H10Cl2N6O. The minimum Gasteiger partial charge on any atom is -0.384 e. The summed E-state index contributed by atoms with van der Waals surface area (Å²) in [6.45, 7) is 1.40. The molecule has 9 heteroatoms. The molecule has 0 radical (unpaired) electrons. The smallest absolute Gasteiger partial charge is 0.222 e. The van der Waals surface area contributed by atoms with Crippen LogP contribution in [0.3, 0.4) is 0 Å². The van der Waals surface area contributed by atoms with E-state index in [-0.39, 0.29) is 5.91 Å². The second-order valence-corrected chi connectivity index (χ2v) is 3.95.